The second-order valence-electron chi connectivity index (χ2n) is 6.17. The molecule has 2 heterocycles. The van der Waals surface area contributed by atoms with Crippen LogP contribution in [0.5, 0.6) is 0 Å². The first-order valence-corrected chi connectivity index (χ1v) is 8.30. The molecule has 1 amide bonds. The highest BCUT2D eigenvalue weighted by Crippen LogP contribution is 2.28. The number of aromatic nitrogens is 1. The number of rotatable bonds is 5. The van der Waals surface area contributed by atoms with Crippen molar-refractivity contribution in [2.75, 3.05) is 6.54 Å². The maximum Gasteiger partial charge on any atom is 0.354 e. The van der Waals surface area contributed by atoms with Crippen molar-refractivity contribution in [3.8, 4) is 0 Å². The highest BCUT2D eigenvalue weighted by Gasteiger charge is 2.32. The van der Waals surface area contributed by atoms with Crippen molar-refractivity contribution in [1.82, 2.24) is 9.88 Å². The minimum absolute atomic E-state index is 0.0852. The molecule has 1 fully saturated rings. The number of hydrogen-bond acceptors (Lipinski definition) is 4. The Kier molecular flexibility index (Phi) is 5.09. The van der Waals surface area contributed by atoms with E-state index >= 15 is 0 Å². The fraction of sp³-hybridized carbons (Fsp3) is 0.316. The zero-order valence-corrected chi connectivity index (χ0v) is 13.7. The number of aliphatic hydroxyl groups is 1. The number of benzene rings is 1. The molecule has 2 unspecified atom stereocenters. The molecule has 2 atom stereocenters. The average Bonchev–Trinajstić information content (AvgIpc) is 3.10. The van der Waals surface area contributed by atoms with E-state index in [1.54, 1.807) is 4.90 Å². The molecule has 2 aromatic rings. The summed E-state index contributed by atoms with van der Waals surface area (Å²) in [6, 6.07) is 13.7. The molecule has 1 aliphatic heterocycles. The zero-order valence-electron chi connectivity index (χ0n) is 13.7. The Morgan fingerprint density at radius 2 is 1.84 bits per heavy atom. The average molecular weight is 340 g/mol. The van der Waals surface area contributed by atoms with Crippen LogP contribution in [0.3, 0.4) is 0 Å². The Balaban J connectivity index is 1.74. The maximum atomic E-state index is 12.7. The van der Waals surface area contributed by atoms with Gasteiger partial charge in [0.2, 0.25) is 0 Å². The minimum atomic E-state index is -1.16. The Bertz CT molecular complexity index is 763. The third-order valence-corrected chi connectivity index (χ3v) is 4.51. The molecule has 6 nitrogen and oxygen atoms in total. The predicted octanol–water partition coefficient (Wildman–Crippen LogP) is 2.51. The lowest BCUT2D eigenvalue weighted by molar-refractivity contribution is 0.0660. The summed E-state index contributed by atoms with van der Waals surface area (Å²) in [6.45, 7) is 0.587. The lowest BCUT2D eigenvalue weighted by atomic mass is 10.0. The van der Waals surface area contributed by atoms with Gasteiger partial charge in [0, 0.05) is 12.6 Å². The molecule has 0 bridgehead atoms. The van der Waals surface area contributed by atoms with Crippen molar-refractivity contribution in [3.63, 3.8) is 0 Å². The third-order valence-electron chi connectivity index (χ3n) is 4.51. The molecular formula is C19H20N2O4. The van der Waals surface area contributed by atoms with Gasteiger partial charge in [0.25, 0.3) is 5.91 Å². The molecule has 25 heavy (non-hydrogen) atoms. The lowest BCUT2D eigenvalue weighted by Gasteiger charge is -2.26. The van der Waals surface area contributed by atoms with Crippen molar-refractivity contribution in [2.24, 2.45) is 0 Å². The van der Waals surface area contributed by atoms with Crippen LogP contribution in [0.4, 0.5) is 0 Å². The molecule has 0 radical (unpaired) electrons. The highest BCUT2D eigenvalue weighted by molar-refractivity contribution is 5.94. The summed E-state index contributed by atoms with van der Waals surface area (Å²) in [5.41, 5.74) is 0.805. The first-order valence-electron chi connectivity index (χ1n) is 8.30. The van der Waals surface area contributed by atoms with Gasteiger partial charge in [-0.2, -0.15) is 0 Å². The summed E-state index contributed by atoms with van der Waals surface area (Å²) in [5.74, 6) is -1.45. The molecule has 6 heteroatoms. The van der Waals surface area contributed by atoms with Crippen LogP contribution in [0.2, 0.25) is 0 Å². The summed E-state index contributed by atoms with van der Waals surface area (Å²) in [7, 11) is 0. The van der Waals surface area contributed by atoms with Gasteiger partial charge >= 0.3 is 5.97 Å². The van der Waals surface area contributed by atoms with Crippen LogP contribution < -0.4 is 0 Å². The molecule has 130 valence electrons. The number of aromatic carboxylic acids is 1. The van der Waals surface area contributed by atoms with Crippen LogP contribution in [0.15, 0.2) is 48.5 Å². The Labute approximate surface area is 145 Å². The summed E-state index contributed by atoms with van der Waals surface area (Å²) in [6.07, 6.45) is 1.48. The third kappa shape index (κ3) is 3.85. The van der Waals surface area contributed by atoms with E-state index in [1.165, 1.54) is 18.2 Å². The quantitative estimate of drug-likeness (QED) is 0.873. The molecule has 2 N–H and O–H groups in total. The summed E-state index contributed by atoms with van der Waals surface area (Å²) < 4.78 is 0. The fourth-order valence-corrected chi connectivity index (χ4v) is 3.24. The van der Waals surface area contributed by atoms with Crippen LogP contribution in [0.1, 0.15) is 51.9 Å². The number of hydrogen-bond donors (Lipinski definition) is 2. The highest BCUT2D eigenvalue weighted by atomic mass is 16.4. The molecule has 1 aromatic carbocycles. The molecule has 1 saturated heterocycles. The van der Waals surface area contributed by atoms with Gasteiger partial charge in [0.05, 0.1) is 6.10 Å². The van der Waals surface area contributed by atoms with Crippen LogP contribution in [-0.2, 0) is 0 Å². The second-order valence-corrected chi connectivity index (χ2v) is 6.17. The van der Waals surface area contributed by atoms with Crippen LogP contribution in [0.25, 0.3) is 0 Å². The van der Waals surface area contributed by atoms with E-state index in [4.69, 9.17) is 5.11 Å². The van der Waals surface area contributed by atoms with Gasteiger partial charge in [-0.3, -0.25) is 4.79 Å². The number of aliphatic hydroxyl groups excluding tert-OH is 1. The number of carboxylic acid groups (broad SMARTS) is 1. The van der Waals surface area contributed by atoms with Crippen molar-refractivity contribution in [2.45, 2.75) is 31.4 Å². The number of carbonyl (C=O) groups excluding carboxylic acids is 1. The van der Waals surface area contributed by atoms with Gasteiger partial charge in [-0.1, -0.05) is 36.4 Å². The van der Waals surface area contributed by atoms with Gasteiger partial charge in [-0.15, -0.1) is 0 Å². The first kappa shape index (κ1) is 17.1. The number of pyridine rings is 1. The zero-order chi connectivity index (χ0) is 17.8. The Hall–Kier alpha value is -2.73. The van der Waals surface area contributed by atoms with Crippen molar-refractivity contribution in [3.05, 3.63) is 65.5 Å². The molecule has 3 rings (SSSR count). The molecule has 0 aliphatic carbocycles. The van der Waals surface area contributed by atoms with Crippen LogP contribution >= 0.6 is 0 Å². The molecule has 1 aromatic heterocycles. The fourth-order valence-electron chi connectivity index (χ4n) is 3.24. The minimum Gasteiger partial charge on any atom is -0.477 e. The van der Waals surface area contributed by atoms with E-state index in [0.717, 1.165) is 18.4 Å². The van der Waals surface area contributed by atoms with E-state index in [9.17, 15) is 14.7 Å². The number of amides is 1. The Morgan fingerprint density at radius 1 is 1.12 bits per heavy atom. The lowest BCUT2D eigenvalue weighted by Crippen LogP contribution is -2.37. The molecular weight excluding hydrogens is 320 g/mol. The van der Waals surface area contributed by atoms with Crippen molar-refractivity contribution >= 4 is 11.9 Å². The van der Waals surface area contributed by atoms with Gasteiger partial charge in [-0.25, -0.2) is 9.78 Å². The van der Waals surface area contributed by atoms with E-state index in [2.05, 4.69) is 4.98 Å². The van der Waals surface area contributed by atoms with Crippen LogP contribution in [0, 0.1) is 0 Å². The van der Waals surface area contributed by atoms with Gasteiger partial charge < -0.3 is 15.1 Å². The second kappa shape index (κ2) is 7.44. The number of likely N-dealkylation sites (tertiary alicyclic amines) is 1. The SMILES string of the molecule is O=C(O)c1cccc(C(=O)N2CCCC2CC(O)c2ccccc2)n1. The number of nitrogens with zero attached hydrogens (tertiary/aromatic N) is 2. The van der Waals surface area contributed by atoms with Crippen LogP contribution in [-0.4, -0.2) is 44.6 Å². The molecule has 1 aliphatic rings. The first-order chi connectivity index (χ1) is 12.1. The Morgan fingerprint density at radius 3 is 2.56 bits per heavy atom. The van der Waals surface area contributed by atoms with E-state index < -0.39 is 12.1 Å². The van der Waals surface area contributed by atoms with Crippen molar-refractivity contribution in [1.29, 1.82) is 0 Å². The standard InChI is InChI=1S/C19H20N2O4/c22-17(13-6-2-1-3-7-13)12-14-8-5-11-21(14)18(23)15-9-4-10-16(20-15)19(24)25/h1-4,6-7,9-10,14,17,22H,5,8,11-12H2,(H,24,25). The predicted molar refractivity (Wildman–Crippen MR) is 91.3 cm³/mol. The van der Waals surface area contributed by atoms with Gasteiger partial charge in [0.15, 0.2) is 0 Å². The van der Waals surface area contributed by atoms with E-state index in [0.29, 0.717) is 13.0 Å². The van der Waals surface area contributed by atoms with Gasteiger partial charge in [0.1, 0.15) is 11.4 Å². The smallest absolute Gasteiger partial charge is 0.354 e. The largest absolute Gasteiger partial charge is 0.477 e. The monoisotopic (exact) mass is 340 g/mol. The molecule has 0 saturated carbocycles. The summed E-state index contributed by atoms with van der Waals surface area (Å²) in [5, 5.41) is 19.5. The van der Waals surface area contributed by atoms with E-state index in [1.807, 2.05) is 30.3 Å². The maximum absolute atomic E-state index is 12.7. The van der Waals surface area contributed by atoms with Crippen molar-refractivity contribution < 1.29 is 19.8 Å². The van der Waals surface area contributed by atoms with Gasteiger partial charge in [-0.05, 0) is 37.0 Å². The summed E-state index contributed by atoms with van der Waals surface area (Å²) >= 11 is 0. The van der Waals surface area contributed by atoms with E-state index in [-0.39, 0.29) is 23.3 Å². The number of carbonyl (C=O) groups is 2. The number of carboxylic acids is 1. The topological polar surface area (TPSA) is 90.7 Å². The summed E-state index contributed by atoms with van der Waals surface area (Å²) in [4.78, 5) is 29.4. The normalized spacial score (nSPS) is 18.1. The molecule has 0 spiro atoms.